The first-order valence-electron chi connectivity index (χ1n) is 9.09. The van der Waals surface area contributed by atoms with E-state index in [1.54, 1.807) is 0 Å². The fourth-order valence-corrected chi connectivity index (χ4v) is 5.33. The number of carboxylic acid groups (broad SMARTS) is 1. The highest BCUT2D eigenvalue weighted by atomic mass is 32.2. The zero-order chi connectivity index (χ0) is 17.2. The number of carbonyl (C=O) groups is 1. The standard InChI is InChI=1S/C20H24O4S/c21-16(22)11-7-2-1-6-10-14-15(12-25-13-8-4-3-5-9-13)18-20-19(24-20)17(14)23-18/h1,3-6,8-9,14-15,17-20H,2,7,10-12H2,(H,21,22)/b6-1-/t14-,15+,17+,18-,19-,20+/m0/s1. The van der Waals surface area contributed by atoms with Gasteiger partial charge in [0, 0.05) is 23.0 Å². The fraction of sp³-hybridized carbons (Fsp3) is 0.550. The summed E-state index contributed by atoms with van der Waals surface area (Å²) in [5.41, 5.74) is 0. The van der Waals surface area contributed by atoms with E-state index < -0.39 is 5.97 Å². The molecule has 1 N–H and O–H groups in total. The number of aliphatic carboxylic acids is 1. The van der Waals surface area contributed by atoms with Crippen molar-refractivity contribution in [3.05, 3.63) is 42.5 Å². The van der Waals surface area contributed by atoms with Crippen molar-refractivity contribution >= 4 is 17.7 Å². The van der Waals surface area contributed by atoms with Crippen LogP contribution in [0, 0.1) is 11.8 Å². The monoisotopic (exact) mass is 360 g/mol. The number of fused-ring (bicyclic) bond motifs is 5. The zero-order valence-corrected chi connectivity index (χ0v) is 14.9. The van der Waals surface area contributed by atoms with E-state index in [4.69, 9.17) is 14.6 Å². The van der Waals surface area contributed by atoms with Gasteiger partial charge in [0.1, 0.15) is 12.2 Å². The third-order valence-corrected chi connectivity index (χ3v) is 6.60. The Labute approximate surface area is 152 Å². The van der Waals surface area contributed by atoms with E-state index in [1.807, 2.05) is 17.8 Å². The van der Waals surface area contributed by atoms with Crippen molar-refractivity contribution in [2.75, 3.05) is 5.75 Å². The van der Waals surface area contributed by atoms with Crippen molar-refractivity contribution in [2.45, 2.75) is 55.0 Å². The highest BCUT2D eigenvalue weighted by Crippen LogP contribution is 2.55. The summed E-state index contributed by atoms with van der Waals surface area (Å²) in [5, 5.41) is 8.68. The van der Waals surface area contributed by atoms with Crippen LogP contribution in [0.15, 0.2) is 47.4 Å². The van der Waals surface area contributed by atoms with Crippen LogP contribution in [0.1, 0.15) is 25.7 Å². The molecule has 3 fully saturated rings. The number of rotatable bonds is 9. The number of allylic oxidation sites excluding steroid dienone is 2. The van der Waals surface area contributed by atoms with Crippen LogP contribution in [-0.2, 0) is 14.3 Å². The summed E-state index contributed by atoms with van der Waals surface area (Å²) in [4.78, 5) is 11.9. The molecule has 0 unspecified atom stereocenters. The van der Waals surface area contributed by atoms with E-state index in [0.717, 1.165) is 18.6 Å². The predicted molar refractivity (Wildman–Crippen MR) is 96.7 cm³/mol. The Morgan fingerprint density at radius 3 is 2.52 bits per heavy atom. The first-order valence-corrected chi connectivity index (χ1v) is 10.1. The van der Waals surface area contributed by atoms with Gasteiger partial charge in [0.25, 0.3) is 0 Å². The summed E-state index contributed by atoms with van der Waals surface area (Å²) in [6.07, 6.45) is 8.30. The van der Waals surface area contributed by atoms with Crippen LogP contribution in [0.3, 0.4) is 0 Å². The van der Waals surface area contributed by atoms with E-state index >= 15 is 0 Å². The Kier molecular flexibility index (Phi) is 5.15. The third-order valence-electron chi connectivity index (χ3n) is 5.44. The van der Waals surface area contributed by atoms with Crippen molar-refractivity contribution in [1.82, 2.24) is 0 Å². The molecule has 3 aliphatic heterocycles. The molecule has 3 saturated heterocycles. The largest absolute Gasteiger partial charge is 0.481 e. The summed E-state index contributed by atoms with van der Waals surface area (Å²) in [7, 11) is 0. The molecule has 3 heterocycles. The number of benzene rings is 1. The molecule has 0 aliphatic carbocycles. The minimum absolute atomic E-state index is 0.246. The topological polar surface area (TPSA) is 59.1 Å². The molecule has 134 valence electrons. The van der Waals surface area contributed by atoms with E-state index in [-0.39, 0.29) is 18.6 Å². The number of thioether (sulfide) groups is 1. The lowest BCUT2D eigenvalue weighted by Crippen LogP contribution is -2.34. The van der Waals surface area contributed by atoms with Crippen LogP contribution < -0.4 is 0 Å². The van der Waals surface area contributed by atoms with Crippen molar-refractivity contribution in [1.29, 1.82) is 0 Å². The van der Waals surface area contributed by atoms with Crippen molar-refractivity contribution in [3.8, 4) is 0 Å². The Hall–Kier alpha value is -1.30. The van der Waals surface area contributed by atoms with Crippen LogP contribution in [0.25, 0.3) is 0 Å². The molecule has 1 aromatic rings. The molecule has 2 bridgehead atoms. The molecule has 0 aromatic heterocycles. The van der Waals surface area contributed by atoms with Gasteiger partial charge in [0.15, 0.2) is 0 Å². The molecule has 3 aliphatic rings. The number of epoxide rings is 1. The molecule has 25 heavy (non-hydrogen) atoms. The smallest absolute Gasteiger partial charge is 0.303 e. The SMILES string of the molecule is O=C(O)CCC/C=C\C[C@H]1[C@@H](CSc2ccccc2)[C@@H]2O[C@H]1[C@@H]1O[C@@H]12. The van der Waals surface area contributed by atoms with Gasteiger partial charge in [-0.05, 0) is 37.3 Å². The highest BCUT2D eigenvalue weighted by molar-refractivity contribution is 7.99. The average molecular weight is 360 g/mol. The van der Waals surface area contributed by atoms with Crippen molar-refractivity contribution in [3.63, 3.8) is 0 Å². The molecule has 1 aromatic carbocycles. The molecule has 4 nitrogen and oxygen atoms in total. The summed E-state index contributed by atoms with van der Waals surface area (Å²) in [5.74, 6) is 1.39. The lowest BCUT2D eigenvalue weighted by atomic mass is 9.78. The number of carboxylic acids is 1. The zero-order valence-electron chi connectivity index (χ0n) is 14.1. The molecule has 5 heteroatoms. The third kappa shape index (κ3) is 3.78. The summed E-state index contributed by atoms with van der Waals surface area (Å²) in [6, 6.07) is 10.5. The van der Waals surface area contributed by atoms with Gasteiger partial charge < -0.3 is 14.6 Å². The maximum atomic E-state index is 10.5. The second-order valence-corrected chi connectivity index (χ2v) is 8.17. The molecular formula is C20H24O4S. The van der Waals surface area contributed by atoms with E-state index in [1.165, 1.54) is 4.90 Å². The minimum Gasteiger partial charge on any atom is -0.481 e. The van der Waals surface area contributed by atoms with E-state index in [2.05, 4.69) is 36.4 Å². The number of unbranched alkanes of at least 4 members (excludes halogenated alkanes) is 1. The number of hydrogen-bond acceptors (Lipinski definition) is 4. The Morgan fingerprint density at radius 1 is 1.04 bits per heavy atom. The van der Waals surface area contributed by atoms with Crippen molar-refractivity contribution in [2.24, 2.45) is 11.8 Å². The van der Waals surface area contributed by atoms with Crippen LogP contribution >= 0.6 is 11.8 Å². The normalized spacial score (nSPS) is 35.2. The van der Waals surface area contributed by atoms with Gasteiger partial charge in [-0.3, -0.25) is 4.79 Å². The molecule has 0 radical (unpaired) electrons. The molecule has 0 spiro atoms. The van der Waals surface area contributed by atoms with Crippen molar-refractivity contribution < 1.29 is 19.4 Å². The summed E-state index contributed by atoms with van der Waals surface area (Å²) >= 11 is 1.91. The van der Waals surface area contributed by atoms with Gasteiger partial charge in [-0.2, -0.15) is 0 Å². The van der Waals surface area contributed by atoms with Gasteiger partial charge >= 0.3 is 5.97 Å². The number of hydrogen-bond donors (Lipinski definition) is 1. The second-order valence-electron chi connectivity index (χ2n) is 7.08. The lowest BCUT2D eigenvalue weighted by molar-refractivity contribution is -0.137. The average Bonchev–Trinajstić information content (AvgIpc) is 3.24. The van der Waals surface area contributed by atoms with Gasteiger partial charge in [0.05, 0.1) is 12.2 Å². The van der Waals surface area contributed by atoms with Gasteiger partial charge in [-0.15, -0.1) is 11.8 Å². The Balaban J connectivity index is 1.31. The Bertz CT molecular complexity index is 632. The maximum Gasteiger partial charge on any atom is 0.303 e. The van der Waals surface area contributed by atoms with Gasteiger partial charge in [-0.25, -0.2) is 0 Å². The van der Waals surface area contributed by atoms with Gasteiger partial charge in [-0.1, -0.05) is 30.4 Å². The quantitative estimate of drug-likeness (QED) is 0.314. The molecule has 0 amide bonds. The first-order chi connectivity index (χ1) is 12.2. The van der Waals surface area contributed by atoms with Crippen LogP contribution in [0.4, 0.5) is 0 Å². The lowest BCUT2D eigenvalue weighted by Gasteiger charge is -2.24. The highest BCUT2D eigenvalue weighted by Gasteiger charge is 2.68. The predicted octanol–water partition coefficient (Wildman–Crippen LogP) is 3.76. The van der Waals surface area contributed by atoms with Crippen LogP contribution in [-0.4, -0.2) is 41.2 Å². The van der Waals surface area contributed by atoms with Gasteiger partial charge in [0.2, 0.25) is 0 Å². The minimum atomic E-state index is -0.718. The number of ether oxygens (including phenoxy) is 2. The van der Waals surface area contributed by atoms with Crippen LogP contribution in [0.5, 0.6) is 0 Å². The first kappa shape index (κ1) is 17.1. The summed E-state index contributed by atoms with van der Waals surface area (Å²) < 4.78 is 12.0. The molecular weight excluding hydrogens is 336 g/mol. The second kappa shape index (κ2) is 7.52. The molecule has 0 saturated carbocycles. The van der Waals surface area contributed by atoms with Crippen LogP contribution in [0.2, 0.25) is 0 Å². The summed E-state index contributed by atoms with van der Waals surface area (Å²) in [6.45, 7) is 0. The molecule has 4 rings (SSSR count). The molecule has 6 atom stereocenters. The van der Waals surface area contributed by atoms with E-state index in [0.29, 0.717) is 30.5 Å². The van der Waals surface area contributed by atoms with E-state index in [9.17, 15) is 4.79 Å². The Morgan fingerprint density at radius 2 is 1.76 bits per heavy atom. The fourth-order valence-electron chi connectivity index (χ4n) is 4.16. The maximum absolute atomic E-state index is 10.5.